The van der Waals surface area contributed by atoms with Gasteiger partial charge in [-0.2, -0.15) is 0 Å². The van der Waals surface area contributed by atoms with E-state index in [9.17, 15) is 34.8 Å². The lowest BCUT2D eigenvalue weighted by atomic mass is 9.58. The smallest absolute Gasteiger partial charge is 0.255 e. The molecule has 0 radical (unpaired) electrons. The summed E-state index contributed by atoms with van der Waals surface area (Å²) in [5.74, 6) is -6.09. The van der Waals surface area contributed by atoms with Crippen molar-refractivity contribution in [3.05, 3.63) is 45.4 Å². The molecular formula is C29H40N4O7. The van der Waals surface area contributed by atoms with Crippen LogP contribution in [0.1, 0.15) is 48.2 Å². The summed E-state index contributed by atoms with van der Waals surface area (Å²) in [5.41, 5.74) is 3.63. The first-order valence-electron chi connectivity index (χ1n) is 13.6. The number of amides is 1. The molecule has 0 aliphatic heterocycles. The summed E-state index contributed by atoms with van der Waals surface area (Å²) in [6, 6.07) is 0.824. The maximum Gasteiger partial charge on any atom is 0.255 e. The molecule has 218 valence electrons. The Kier molecular flexibility index (Phi) is 7.78. The van der Waals surface area contributed by atoms with Gasteiger partial charge in [0, 0.05) is 43.4 Å². The number of nitrogens with two attached hydrogens (primary N) is 1. The fourth-order valence-corrected chi connectivity index (χ4v) is 6.48. The Morgan fingerprint density at radius 1 is 1.20 bits per heavy atom. The van der Waals surface area contributed by atoms with Crippen LogP contribution in [0.2, 0.25) is 0 Å². The number of fused-ring (bicyclic) bond motifs is 3. The molecule has 7 N–H and O–H groups in total. The number of likely N-dealkylation sites (N-methyl/N-ethyl adjacent to an activating group) is 1. The van der Waals surface area contributed by atoms with Gasteiger partial charge in [-0.1, -0.05) is 20.3 Å². The molecule has 0 saturated heterocycles. The van der Waals surface area contributed by atoms with Crippen LogP contribution in [0.25, 0.3) is 0 Å². The van der Waals surface area contributed by atoms with Crippen molar-refractivity contribution in [3.63, 3.8) is 0 Å². The van der Waals surface area contributed by atoms with Gasteiger partial charge in [-0.25, -0.2) is 0 Å². The molecular weight excluding hydrogens is 516 g/mol. The summed E-state index contributed by atoms with van der Waals surface area (Å²) in [4.78, 5) is 43.0. The monoisotopic (exact) mass is 556 g/mol. The van der Waals surface area contributed by atoms with Crippen LogP contribution in [0, 0.1) is 17.8 Å². The zero-order chi connectivity index (χ0) is 29.8. The van der Waals surface area contributed by atoms with Crippen molar-refractivity contribution in [2.75, 3.05) is 39.6 Å². The zero-order valence-corrected chi connectivity index (χ0v) is 23.9. The Balaban J connectivity index is 1.88. The number of phenols is 1. The Morgan fingerprint density at radius 2 is 1.85 bits per heavy atom. The molecule has 5 atom stereocenters. The van der Waals surface area contributed by atoms with E-state index in [0.29, 0.717) is 23.6 Å². The molecule has 1 aromatic rings. The van der Waals surface area contributed by atoms with E-state index in [1.807, 2.05) is 25.1 Å². The minimum atomic E-state index is -2.65. The van der Waals surface area contributed by atoms with Gasteiger partial charge in [0.05, 0.1) is 11.6 Å². The molecule has 0 aromatic heterocycles. The fraction of sp³-hybridized carbons (Fsp3) is 0.552. The van der Waals surface area contributed by atoms with Crippen LogP contribution in [0.4, 0.5) is 5.69 Å². The van der Waals surface area contributed by atoms with Gasteiger partial charge in [-0.15, -0.1) is 0 Å². The van der Waals surface area contributed by atoms with Gasteiger partial charge < -0.3 is 36.4 Å². The summed E-state index contributed by atoms with van der Waals surface area (Å²) in [6.07, 6.45) is 1.29. The Bertz CT molecular complexity index is 1330. The number of aliphatic hydroxyl groups excluding tert-OH is 2. The third-order valence-electron chi connectivity index (χ3n) is 8.76. The van der Waals surface area contributed by atoms with Gasteiger partial charge in [0.15, 0.2) is 11.4 Å². The Labute approximate surface area is 233 Å². The van der Waals surface area contributed by atoms with E-state index in [-0.39, 0.29) is 29.7 Å². The second kappa shape index (κ2) is 10.5. The van der Waals surface area contributed by atoms with E-state index in [0.717, 1.165) is 18.7 Å². The number of hydrogen-bond acceptors (Lipinski definition) is 10. The lowest BCUT2D eigenvalue weighted by Gasteiger charge is -2.50. The van der Waals surface area contributed by atoms with Crippen LogP contribution in [0.15, 0.2) is 28.7 Å². The van der Waals surface area contributed by atoms with E-state index in [1.165, 1.54) is 4.90 Å². The first-order valence-corrected chi connectivity index (χ1v) is 13.6. The highest BCUT2D eigenvalue weighted by Crippen LogP contribution is 2.53. The third-order valence-corrected chi connectivity index (χ3v) is 8.76. The highest BCUT2D eigenvalue weighted by Gasteiger charge is 2.63. The SMILES string of the molecule is CCC(C)CNCc1cc(N(C)C)c2c(c1O)C(=O)C1=C(O)[C@]3(O)C(=O)C(C(N)=O)=C(O)[C@@H](N(C)C)[C@H]3C[C@@H]1C2. The average molecular weight is 557 g/mol. The fourth-order valence-electron chi connectivity index (χ4n) is 6.48. The number of aliphatic hydroxyl groups is 3. The number of anilines is 1. The van der Waals surface area contributed by atoms with Gasteiger partial charge in [-0.3, -0.25) is 19.3 Å². The molecule has 11 heteroatoms. The minimum absolute atomic E-state index is 0.0207. The van der Waals surface area contributed by atoms with E-state index in [4.69, 9.17) is 5.73 Å². The molecule has 0 bridgehead atoms. The first kappa shape index (κ1) is 29.6. The molecule has 3 aliphatic carbocycles. The van der Waals surface area contributed by atoms with Crippen LogP contribution < -0.4 is 16.0 Å². The van der Waals surface area contributed by atoms with Crippen LogP contribution in [0.3, 0.4) is 0 Å². The van der Waals surface area contributed by atoms with Crippen molar-refractivity contribution in [3.8, 4) is 5.75 Å². The Morgan fingerprint density at radius 3 is 2.40 bits per heavy atom. The van der Waals surface area contributed by atoms with E-state index in [2.05, 4.69) is 19.2 Å². The molecule has 40 heavy (non-hydrogen) atoms. The number of Topliss-reactive ketones (excluding diaryl/α,β-unsaturated/α-hetero) is 2. The predicted octanol–water partition coefficient (Wildman–Crippen LogP) is 1.32. The van der Waals surface area contributed by atoms with Gasteiger partial charge in [0.1, 0.15) is 22.8 Å². The van der Waals surface area contributed by atoms with Crippen molar-refractivity contribution in [1.29, 1.82) is 0 Å². The maximum atomic E-state index is 14.1. The van der Waals surface area contributed by atoms with Crippen molar-refractivity contribution in [1.82, 2.24) is 10.2 Å². The second-order valence-corrected chi connectivity index (χ2v) is 11.8. The van der Waals surface area contributed by atoms with Crippen LogP contribution in [-0.2, 0) is 22.6 Å². The largest absolute Gasteiger partial charge is 0.510 e. The highest BCUT2D eigenvalue weighted by molar-refractivity contribution is 6.24. The van der Waals surface area contributed by atoms with Gasteiger partial charge >= 0.3 is 0 Å². The Hall–Kier alpha value is -3.41. The van der Waals surface area contributed by atoms with Gasteiger partial charge in [0.25, 0.3) is 5.91 Å². The van der Waals surface area contributed by atoms with Crippen molar-refractivity contribution < 1.29 is 34.8 Å². The van der Waals surface area contributed by atoms with E-state index >= 15 is 0 Å². The van der Waals surface area contributed by atoms with Crippen LogP contribution in [-0.4, -0.2) is 89.2 Å². The summed E-state index contributed by atoms with van der Waals surface area (Å²) < 4.78 is 0. The molecule has 1 unspecified atom stereocenters. The molecule has 1 aromatic carbocycles. The molecule has 11 nitrogen and oxygen atoms in total. The summed E-state index contributed by atoms with van der Waals surface area (Å²) in [5, 5.41) is 48.8. The second-order valence-electron chi connectivity index (χ2n) is 11.8. The van der Waals surface area contributed by atoms with Crippen molar-refractivity contribution in [2.24, 2.45) is 23.5 Å². The summed E-state index contributed by atoms with van der Waals surface area (Å²) in [7, 11) is 6.89. The molecule has 0 heterocycles. The van der Waals surface area contributed by atoms with Crippen molar-refractivity contribution in [2.45, 2.75) is 51.3 Å². The molecule has 0 spiro atoms. The van der Waals surface area contributed by atoms with Gasteiger partial charge in [-0.05, 0) is 56.9 Å². The number of nitrogens with one attached hydrogen (secondary N) is 1. The minimum Gasteiger partial charge on any atom is -0.510 e. The predicted molar refractivity (Wildman–Crippen MR) is 149 cm³/mol. The number of allylic oxidation sites excluding steroid dienone is 1. The maximum absolute atomic E-state index is 14.1. The number of nitrogens with zero attached hydrogens (tertiary/aromatic N) is 2. The number of ketones is 2. The standard InChI is InChI=1S/C29H40N4O7/c1-7-13(2)11-31-12-15-10-18(32(3)4)16-8-14-9-17-22(33(5)6)25(36)21(28(30)39)27(38)29(17,40)26(37)19(14)24(35)20(16)23(15)34/h10,13-14,17,22,31,34,36-37,40H,7-9,11-12H2,1-6H3,(H2,30,39)/t13?,14-,17+,22-,29-/m0/s1. The van der Waals surface area contributed by atoms with E-state index in [1.54, 1.807) is 14.1 Å². The highest BCUT2D eigenvalue weighted by atomic mass is 16.3. The van der Waals surface area contributed by atoms with Crippen LogP contribution >= 0.6 is 0 Å². The number of benzene rings is 1. The molecule has 4 rings (SSSR count). The van der Waals surface area contributed by atoms with Gasteiger partial charge in [0.2, 0.25) is 5.78 Å². The number of phenolic OH excluding ortho intramolecular Hbond substituents is 1. The lowest BCUT2D eigenvalue weighted by molar-refractivity contribution is -0.148. The molecule has 3 aliphatic rings. The summed E-state index contributed by atoms with van der Waals surface area (Å²) >= 11 is 0. The number of carbonyl (C=O) groups is 3. The zero-order valence-electron chi connectivity index (χ0n) is 23.9. The normalized spacial score (nSPS) is 26.9. The number of carbonyl (C=O) groups excluding carboxylic acids is 3. The third kappa shape index (κ3) is 4.36. The van der Waals surface area contributed by atoms with Crippen LogP contribution in [0.5, 0.6) is 5.75 Å². The average Bonchev–Trinajstić information content (AvgIpc) is 2.86. The molecule has 0 fully saturated rings. The van der Waals surface area contributed by atoms with E-state index < -0.39 is 58.0 Å². The lowest BCUT2D eigenvalue weighted by Crippen LogP contribution is -2.63. The number of rotatable bonds is 8. The first-order chi connectivity index (χ1) is 18.7. The van der Waals surface area contributed by atoms with Crippen molar-refractivity contribution >= 4 is 23.2 Å². The number of aromatic hydroxyl groups is 1. The topological polar surface area (TPSA) is 177 Å². The quantitative estimate of drug-likeness (QED) is 0.256. The number of primary amides is 1. The molecule has 0 saturated carbocycles. The summed E-state index contributed by atoms with van der Waals surface area (Å²) in [6.45, 7) is 5.23. The number of hydrogen-bond donors (Lipinski definition) is 6. The molecule has 1 amide bonds.